The molecule has 0 saturated heterocycles. The highest BCUT2D eigenvalue weighted by Crippen LogP contribution is 2.61. The van der Waals surface area contributed by atoms with E-state index in [0.717, 1.165) is 57.8 Å². The molecule has 4 aromatic rings. The molecule has 1 spiro atoms. The van der Waals surface area contributed by atoms with Gasteiger partial charge in [-0.3, -0.25) is 4.79 Å². The molecule has 7 rings (SSSR count). The number of allylic oxidation sites excluding steroid dienone is 2. The number of amides is 1. The zero-order valence-corrected chi connectivity index (χ0v) is 21.7. The van der Waals surface area contributed by atoms with Crippen LogP contribution in [-0.2, 0) is 4.79 Å². The summed E-state index contributed by atoms with van der Waals surface area (Å²) in [6, 6.07) is 38.4. The fourth-order valence-corrected chi connectivity index (χ4v) is 6.02. The summed E-state index contributed by atoms with van der Waals surface area (Å²) in [5.41, 5.74) is 6.69. The number of carbonyl (C=O) groups excluding carboxylic acids is 1. The van der Waals surface area contributed by atoms with Gasteiger partial charge in [-0.2, -0.15) is 10.1 Å². The maximum atomic E-state index is 15.1. The molecule has 0 N–H and O–H groups in total. The van der Waals surface area contributed by atoms with Crippen LogP contribution < -0.4 is 9.75 Å². The molecular weight excluding hydrogens is 480 g/mol. The van der Waals surface area contributed by atoms with Crippen molar-refractivity contribution in [1.29, 1.82) is 0 Å². The van der Waals surface area contributed by atoms with E-state index in [1.54, 1.807) is 12.1 Å². The quantitative estimate of drug-likeness (QED) is 0.272. The zero-order chi connectivity index (χ0) is 26.4. The molecule has 1 atom stereocenters. The van der Waals surface area contributed by atoms with Crippen molar-refractivity contribution in [2.45, 2.75) is 12.8 Å². The monoisotopic (exact) mass is 508 g/mol. The number of ether oxygens (including phenoxy) is 1. The summed E-state index contributed by atoms with van der Waals surface area (Å²) in [6.45, 7) is 0. The lowest BCUT2D eigenvalue weighted by molar-refractivity contribution is -0.120. The van der Waals surface area contributed by atoms with Gasteiger partial charge in [0, 0.05) is 0 Å². The van der Waals surface area contributed by atoms with Crippen molar-refractivity contribution >= 4 is 28.5 Å². The number of anilines is 1. The summed E-state index contributed by atoms with van der Waals surface area (Å²) in [5, 5.41) is 6.76. The van der Waals surface area contributed by atoms with Crippen molar-refractivity contribution in [3.05, 3.63) is 144 Å². The average molecular weight is 509 g/mol. The van der Waals surface area contributed by atoms with Crippen molar-refractivity contribution in [3.63, 3.8) is 0 Å². The first-order chi connectivity index (χ1) is 19.2. The van der Waals surface area contributed by atoms with E-state index in [4.69, 9.17) is 9.84 Å². The van der Waals surface area contributed by atoms with Crippen molar-refractivity contribution < 1.29 is 9.53 Å². The topological polar surface area (TPSA) is 41.9 Å². The fraction of sp³-hybridized carbons (Fsp3) is 0.143. The third-order valence-corrected chi connectivity index (χ3v) is 7.96. The van der Waals surface area contributed by atoms with Gasteiger partial charge in [-0.15, -0.1) is 0 Å². The number of carbonyl (C=O) groups is 1. The molecule has 0 bridgehead atoms. The SMILES string of the molecule is COc1ccc(C2=NN(c3ccccc3)C(=O)[C@@]23C(c2ccccc2)=CC(C2CC2)=C3c2ccccc2)cc1. The van der Waals surface area contributed by atoms with Crippen molar-refractivity contribution in [3.8, 4) is 5.75 Å². The smallest absolute Gasteiger partial charge is 0.268 e. The maximum Gasteiger partial charge on any atom is 0.268 e. The Hall–Kier alpha value is -4.70. The van der Waals surface area contributed by atoms with Gasteiger partial charge >= 0.3 is 0 Å². The second kappa shape index (κ2) is 9.25. The predicted octanol–water partition coefficient (Wildman–Crippen LogP) is 7.39. The summed E-state index contributed by atoms with van der Waals surface area (Å²) in [7, 11) is 1.66. The summed E-state index contributed by atoms with van der Waals surface area (Å²) in [5.74, 6) is 1.15. The van der Waals surface area contributed by atoms with Crippen LogP contribution in [0.3, 0.4) is 0 Å². The fourth-order valence-electron chi connectivity index (χ4n) is 6.02. The van der Waals surface area contributed by atoms with Gasteiger partial charge in [-0.25, -0.2) is 0 Å². The largest absolute Gasteiger partial charge is 0.497 e. The van der Waals surface area contributed by atoms with Gasteiger partial charge in [0.05, 0.1) is 18.5 Å². The Morgan fingerprint density at radius 2 is 1.33 bits per heavy atom. The molecule has 3 aliphatic rings. The Balaban J connectivity index is 1.55. The molecule has 1 saturated carbocycles. The molecule has 39 heavy (non-hydrogen) atoms. The van der Waals surface area contributed by atoms with E-state index in [0.29, 0.717) is 5.92 Å². The van der Waals surface area contributed by atoms with Gasteiger partial charge in [-0.1, -0.05) is 84.9 Å². The van der Waals surface area contributed by atoms with E-state index >= 15 is 4.79 Å². The Morgan fingerprint density at radius 3 is 1.92 bits per heavy atom. The molecule has 2 aliphatic carbocycles. The lowest BCUT2D eigenvalue weighted by Crippen LogP contribution is -2.41. The molecule has 0 aromatic heterocycles. The van der Waals surface area contributed by atoms with Gasteiger partial charge in [0.2, 0.25) is 0 Å². The summed E-state index contributed by atoms with van der Waals surface area (Å²) < 4.78 is 5.46. The van der Waals surface area contributed by atoms with E-state index in [2.05, 4.69) is 42.5 Å². The van der Waals surface area contributed by atoms with Crippen LogP contribution in [0.25, 0.3) is 11.1 Å². The molecule has 1 aliphatic heterocycles. The van der Waals surface area contributed by atoms with Crippen LogP contribution in [0.2, 0.25) is 0 Å². The standard InChI is InChI=1S/C35H28N2O2/c1-39-29-21-19-27(20-22-29)33-35(34(38)37(36-33)28-15-9-4-10-16-28)31(25-11-5-2-6-12-25)23-30(24-17-18-24)32(35)26-13-7-3-8-14-26/h2-16,19-24H,17-18H2,1H3/t35-/m1/s1. The van der Waals surface area contributed by atoms with Crippen LogP contribution in [0.4, 0.5) is 5.69 Å². The van der Waals surface area contributed by atoms with E-state index in [1.807, 2.05) is 78.9 Å². The van der Waals surface area contributed by atoms with E-state index < -0.39 is 5.41 Å². The first-order valence-corrected chi connectivity index (χ1v) is 13.4. The van der Waals surface area contributed by atoms with Gasteiger partial charge in [0.15, 0.2) is 0 Å². The van der Waals surface area contributed by atoms with Gasteiger partial charge in [0.25, 0.3) is 5.91 Å². The Bertz CT molecular complexity index is 1630. The van der Waals surface area contributed by atoms with Crippen molar-refractivity contribution in [2.24, 2.45) is 16.4 Å². The molecule has 1 amide bonds. The van der Waals surface area contributed by atoms with Gasteiger partial charge in [-0.05, 0) is 88.6 Å². The second-order valence-corrected chi connectivity index (χ2v) is 10.3. The zero-order valence-electron chi connectivity index (χ0n) is 21.7. The van der Waals surface area contributed by atoms with Gasteiger partial charge < -0.3 is 4.74 Å². The molecule has 0 unspecified atom stereocenters. The summed E-state index contributed by atoms with van der Waals surface area (Å²) in [4.78, 5) is 15.1. The number of nitrogens with zero attached hydrogens (tertiary/aromatic N) is 2. The molecule has 190 valence electrons. The van der Waals surface area contributed by atoms with Crippen LogP contribution in [0.15, 0.2) is 132 Å². The molecule has 0 radical (unpaired) electrons. The molecule has 4 heteroatoms. The Labute approximate surface area is 228 Å². The highest BCUT2D eigenvalue weighted by atomic mass is 16.5. The number of hydrazone groups is 1. The average Bonchev–Trinajstić information content (AvgIpc) is 3.73. The normalized spacial score (nSPS) is 20.4. The number of hydrogen-bond donors (Lipinski definition) is 0. The minimum Gasteiger partial charge on any atom is -0.497 e. The highest BCUT2D eigenvalue weighted by Gasteiger charge is 2.61. The number of hydrogen-bond acceptors (Lipinski definition) is 3. The lowest BCUT2D eigenvalue weighted by atomic mass is 9.66. The van der Waals surface area contributed by atoms with E-state index in [-0.39, 0.29) is 5.91 Å². The molecule has 4 nitrogen and oxygen atoms in total. The highest BCUT2D eigenvalue weighted by molar-refractivity contribution is 6.39. The molecule has 4 aromatic carbocycles. The van der Waals surface area contributed by atoms with Crippen LogP contribution in [0.1, 0.15) is 29.5 Å². The molecule has 1 fully saturated rings. The minimum absolute atomic E-state index is 0.0517. The second-order valence-electron chi connectivity index (χ2n) is 10.3. The van der Waals surface area contributed by atoms with Gasteiger partial charge in [0.1, 0.15) is 11.2 Å². The Morgan fingerprint density at radius 1 is 0.744 bits per heavy atom. The number of methoxy groups -OCH3 is 1. The lowest BCUT2D eigenvalue weighted by Gasteiger charge is -2.32. The summed E-state index contributed by atoms with van der Waals surface area (Å²) in [6.07, 6.45) is 4.55. The van der Waals surface area contributed by atoms with E-state index in [1.165, 1.54) is 5.57 Å². The van der Waals surface area contributed by atoms with Crippen LogP contribution in [-0.4, -0.2) is 18.7 Å². The van der Waals surface area contributed by atoms with Crippen molar-refractivity contribution in [1.82, 2.24) is 0 Å². The predicted molar refractivity (Wildman–Crippen MR) is 156 cm³/mol. The Kier molecular flexibility index (Phi) is 5.55. The maximum absolute atomic E-state index is 15.1. The van der Waals surface area contributed by atoms with Crippen LogP contribution in [0, 0.1) is 11.3 Å². The van der Waals surface area contributed by atoms with Crippen molar-refractivity contribution in [2.75, 3.05) is 12.1 Å². The first-order valence-electron chi connectivity index (χ1n) is 13.4. The first kappa shape index (κ1) is 23.4. The number of para-hydroxylation sites is 1. The number of benzene rings is 4. The van der Waals surface area contributed by atoms with Crippen LogP contribution in [0.5, 0.6) is 5.75 Å². The van der Waals surface area contributed by atoms with E-state index in [9.17, 15) is 0 Å². The molecular formula is C35H28N2O2. The summed E-state index contributed by atoms with van der Waals surface area (Å²) >= 11 is 0. The third kappa shape index (κ3) is 3.67. The molecule has 1 heterocycles. The number of rotatable bonds is 6. The third-order valence-electron chi connectivity index (χ3n) is 7.96. The minimum atomic E-state index is -1.09. The van der Waals surface area contributed by atoms with Crippen LogP contribution >= 0.6 is 0 Å².